The smallest absolute Gasteiger partial charge is 0.312 e. The third-order valence-electron chi connectivity index (χ3n) is 2.51. The zero-order valence-corrected chi connectivity index (χ0v) is 10.5. The molecule has 90 valence electrons. The van der Waals surface area contributed by atoms with Crippen molar-refractivity contribution in [3.05, 3.63) is 29.3 Å². The Kier molecular flexibility index (Phi) is 2.81. The molecule has 0 saturated carbocycles. The molecule has 1 aromatic heterocycles. The number of hydrogen-bond donors (Lipinski definition) is 0. The van der Waals surface area contributed by atoms with E-state index in [2.05, 4.69) is 18.7 Å². The van der Waals surface area contributed by atoms with Gasteiger partial charge in [0.15, 0.2) is 0 Å². The van der Waals surface area contributed by atoms with Crippen LogP contribution in [0, 0.1) is 0 Å². The van der Waals surface area contributed by atoms with Gasteiger partial charge in [-0.15, -0.1) is 11.6 Å². The van der Waals surface area contributed by atoms with Crippen molar-refractivity contribution in [3.8, 4) is 0 Å². The molecule has 0 bridgehead atoms. The highest BCUT2D eigenvalue weighted by Crippen LogP contribution is 2.22. The summed E-state index contributed by atoms with van der Waals surface area (Å²) < 4.78 is 8.34. The molecule has 1 aliphatic heterocycles. The average Bonchev–Trinajstić information content (AvgIpc) is 2.98. The van der Waals surface area contributed by atoms with Crippen LogP contribution in [0.4, 0.5) is 0 Å². The van der Waals surface area contributed by atoms with E-state index in [1.54, 1.807) is 6.08 Å². The molecule has 0 unspecified atom stereocenters. The normalized spacial score (nSPS) is 17.3. The Labute approximate surface area is 111 Å². The summed E-state index contributed by atoms with van der Waals surface area (Å²) in [6.45, 7) is 0. The number of carbonyl (C=O) groups excluding carboxylic acids is 1. The van der Waals surface area contributed by atoms with E-state index in [-0.39, 0.29) is 5.88 Å². The van der Waals surface area contributed by atoms with Crippen LogP contribution in [0.5, 0.6) is 0 Å². The Balaban J connectivity index is 2.13. The lowest BCUT2D eigenvalue weighted by Crippen LogP contribution is -2.06. The first kappa shape index (κ1) is 11.3. The molecule has 0 N–H and O–H groups in total. The Bertz CT molecular complexity index is 692. The fourth-order valence-corrected chi connectivity index (χ4v) is 2.40. The SMILES string of the molecule is O=C1ON=C(CCl)/C1=C\c1cccc2nsnc12. The molecular formula is C11H6ClN3O2S. The van der Waals surface area contributed by atoms with Crippen molar-refractivity contribution in [2.75, 3.05) is 5.88 Å². The van der Waals surface area contributed by atoms with E-state index in [4.69, 9.17) is 11.6 Å². The molecular weight excluding hydrogens is 274 g/mol. The van der Waals surface area contributed by atoms with Crippen LogP contribution >= 0.6 is 23.3 Å². The van der Waals surface area contributed by atoms with Crippen molar-refractivity contribution in [1.29, 1.82) is 0 Å². The molecule has 1 aromatic carbocycles. The Morgan fingerprint density at radius 2 is 2.28 bits per heavy atom. The predicted molar refractivity (Wildman–Crippen MR) is 69.6 cm³/mol. The van der Waals surface area contributed by atoms with Crippen LogP contribution < -0.4 is 0 Å². The third kappa shape index (κ3) is 1.79. The van der Waals surface area contributed by atoms with E-state index in [0.717, 1.165) is 28.3 Å². The van der Waals surface area contributed by atoms with Crippen LogP contribution in [0.1, 0.15) is 5.56 Å². The molecule has 0 radical (unpaired) electrons. The molecule has 7 heteroatoms. The fraction of sp³-hybridized carbons (Fsp3) is 0.0909. The summed E-state index contributed by atoms with van der Waals surface area (Å²) in [6.07, 6.45) is 1.68. The van der Waals surface area contributed by atoms with E-state index in [0.29, 0.717) is 11.3 Å². The zero-order chi connectivity index (χ0) is 12.5. The maximum Gasteiger partial charge on any atom is 0.367 e. The highest BCUT2D eigenvalue weighted by atomic mass is 35.5. The van der Waals surface area contributed by atoms with Gasteiger partial charge in [-0.05, 0) is 12.1 Å². The number of benzene rings is 1. The predicted octanol–water partition coefficient (Wildman–Crippen LogP) is 2.23. The number of nitrogens with zero attached hydrogens (tertiary/aromatic N) is 3. The number of oxime groups is 1. The summed E-state index contributed by atoms with van der Waals surface area (Å²) in [6, 6.07) is 5.58. The van der Waals surface area contributed by atoms with Crippen molar-refractivity contribution in [1.82, 2.24) is 8.75 Å². The molecule has 1 aliphatic rings. The number of fused-ring (bicyclic) bond motifs is 1. The highest BCUT2D eigenvalue weighted by molar-refractivity contribution is 7.00. The molecule has 3 rings (SSSR count). The summed E-state index contributed by atoms with van der Waals surface area (Å²) in [5.74, 6) is -0.367. The molecule has 0 saturated heterocycles. The van der Waals surface area contributed by atoms with Crippen molar-refractivity contribution in [2.24, 2.45) is 5.16 Å². The monoisotopic (exact) mass is 279 g/mol. The molecule has 0 spiro atoms. The lowest BCUT2D eigenvalue weighted by Gasteiger charge is -1.97. The van der Waals surface area contributed by atoms with Gasteiger partial charge in [-0.1, -0.05) is 17.3 Å². The second-order valence-corrected chi connectivity index (χ2v) is 4.38. The van der Waals surface area contributed by atoms with E-state index in [9.17, 15) is 4.79 Å². The van der Waals surface area contributed by atoms with Gasteiger partial charge in [0.1, 0.15) is 16.7 Å². The molecule has 18 heavy (non-hydrogen) atoms. The van der Waals surface area contributed by atoms with Gasteiger partial charge in [0, 0.05) is 5.56 Å². The number of halogens is 1. The van der Waals surface area contributed by atoms with Crippen LogP contribution in [-0.2, 0) is 9.63 Å². The summed E-state index contributed by atoms with van der Waals surface area (Å²) in [4.78, 5) is 16.1. The minimum Gasteiger partial charge on any atom is -0.312 e. The Morgan fingerprint density at radius 1 is 1.39 bits per heavy atom. The topological polar surface area (TPSA) is 64.4 Å². The van der Waals surface area contributed by atoms with Crippen LogP contribution in [0.2, 0.25) is 0 Å². The molecule has 0 aliphatic carbocycles. The number of alkyl halides is 1. The average molecular weight is 280 g/mol. The summed E-state index contributed by atoms with van der Waals surface area (Å²) in [5, 5.41) is 3.61. The summed E-state index contributed by atoms with van der Waals surface area (Å²) in [7, 11) is 0. The van der Waals surface area contributed by atoms with E-state index in [1.165, 1.54) is 0 Å². The highest BCUT2D eigenvalue weighted by Gasteiger charge is 2.24. The number of carbonyl (C=O) groups is 1. The van der Waals surface area contributed by atoms with Crippen LogP contribution in [0.3, 0.4) is 0 Å². The second-order valence-electron chi connectivity index (χ2n) is 3.59. The first-order chi connectivity index (χ1) is 8.79. The molecule has 2 heterocycles. The lowest BCUT2D eigenvalue weighted by atomic mass is 10.1. The lowest BCUT2D eigenvalue weighted by molar-refractivity contribution is -0.136. The minimum atomic E-state index is -0.495. The number of rotatable bonds is 2. The van der Waals surface area contributed by atoms with E-state index < -0.39 is 5.97 Å². The largest absolute Gasteiger partial charge is 0.367 e. The van der Waals surface area contributed by atoms with Gasteiger partial charge in [0.05, 0.1) is 23.2 Å². The van der Waals surface area contributed by atoms with Gasteiger partial charge in [0.25, 0.3) is 0 Å². The molecule has 0 atom stereocenters. The van der Waals surface area contributed by atoms with Crippen molar-refractivity contribution in [2.45, 2.75) is 0 Å². The number of hydrogen-bond acceptors (Lipinski definition) is 6. The summed E-state index contributed by atoms with van der Waals surface area (Å²) >= 11 is 6.83. The van der Waals surface area contributed by atoms with Gasteiger partial charge >= 0.3 is 5.97 Å². The fourth-order valence-electron chi connectivity index (χ4n) is 1.65. The standard InChI is InChI=1S/C11H6ClN3O2S/c12-5-9-7(11(16)17-13-9)4-6-2-1-3-8-10(6)15-18-14-8/h1-4H,5H2/b7-4+. The summed E-state index contributed by atoms with van der Waals surface area (Å²) in [5.41, 5.74) is 3.15. The van der Waals surface area contributed by atoms with Gasteiger partial charge < -0.3 is 4.84 Å². The van der Waals surface area contributed by atoms with Gasteiger partial charge in [0.2, 0.25) is 0 Å². The van der Waals surface area contributed by atoms with Crippen LogP contribution in [0.25, 0.3) is 17.1 Å². The molecule has 5 nitrogen and oxygen atoms in total. The first-order valence-electron chi connectivity index (χ1n) is 5.07. The van der Waals surface area contributed by atoms with Crippen molar-refractivity contribution >= 4 is 52.1 Å². The Hall–Kier alpha value is -1.79. The van der Waals surface area contributed by atoms with Gasteiger partial charge in [-0.2, -0.15) is 8.75 Å². The van der Waals surface area contributed by atoms with E-state index >= 15 is 0 Å². The molecule has 2 aromatic rings. The second kappa shape index (κ2) is 4.47. The first-order valence-corrected chi connectivity index (χ1v) is 6.33. The quantitative estimate of drug-likeness (QED) is 0.480. The maximum atomic E-state index is 11.5. The van der Waals surface area contributed by atoms with Crippen LogP contribution in [-0.4, -0.2) is 26.3 Å². The molecule has 0 fully saturated rings. The molecule has 0 amide bonds. The van der Waals surface area contributed by atoms with Crippen LogP contribution in [0.15, 0.2) is 28.9 Å². The number of aromatic nitrogens is 2. The van der Waals surface area contributed by atoms with Crippen molar-refractivity contribution < 1.29 is 9.63 Å². The van der Waals surface area contributed by atoms with E-state index in [1.807, 2.05) is 18.2 Å². The maximum absolute atomic E-state index is 11.5. The van der Waals surface area contributed by atoms with Gasteiger partial charge in [-0.25, -0.2) is 4.79 Å². The van der Waals surface area contributed by atoms with Crippen molar-refractivity contribution in [3.63, 3.8) is 0 Å². The zero-order valence-electron chi connectivity index (χ0n) is 8.96. The Morgan fingerprint density at radius 3 is 3.11 bits per heavy atom. The third-order valence-corrected chi connectivity index (χ3v) is 3.31. The minimum absolute atomic E-state index is 0.128. The van der Waals surface area contributed by atoms with Gasteiger partial charge in [-0.3, -0.25) is 0 Å².